The topological polar surface area (TPSA) is 29.9 Å². The summed E-state index contributed by atoms with van der Waals surface area (Å²) < 4.78 is 3.45. The van der Waals surface area contributed by atoms with Gasteiger partial charge in [0.25, 0.3) is 0 Å². The average Bonchev–Trinajstić information content (AvgIpc) is 3.31. The van der Waals surface area contributed by atoms with Gasteiger partial charge < -0.3 is 5.32 Å². The minimum Gasteiger partial charge on any atom is -0.313 e. The molecule has 2 aliphatic carbocycles. The van der Waals surface area contributed by atoms with Gasteiger partial charge in [-0.05, 0) is 66.8 Å². The lowest BCUT2D eigenvalue weighted by Crippen LogP contribution is -2.28. The highest BCUT2D eigenvalue weighted by molar-refractivity contribution is 9.10. The lowest BCUT2D eigenvalue weighted by molar-refractivity contribution is 0.435. The van der Waals surface area contributed by atoms with Crippen LogP contribution in [0.2, 0.25) is 0 Å². The van der Waals surface area contributed by atoms with E-state index in [1.54, 1.807) is 0 Å². The molecule has 1 heterocycles. The number of aromatic nitrogens is 2. The molecule has 0 amide bonds. The first-order valence-electron chi connectivity index (χ1n) is 7.65. The van der Waals surface area contributed by atoms with Gasteiger partial charge in [0.05, 0.1) is 15.9 Å². The number of aryl methyl sites for hydroxylation is 2. The van der Waals surface area contributed by atoms with Crippen LogP contribution < -0.4 is 5.32 Å². The molecule has 3 nitrogen and oxygen atoms in total. The molecule has 1 aromatic rings. The van der Waals surface area contributed by atoms with Crippen LogP contribution in [0.1, 0.15) is 50.9 Å². The summed E-state index contributed by atoms with van der Waals surface area (Å²) in [5.41, 5.74) is 3.14. The largest absolute Gasteiger partial charge is 0.313 e. The molecule has 2 aliphatic rings. The molecule has 4 heteroatoms. The number of nitrogens with zero attached hydrogens (tertiary/aromatic N) is 2. The zero-order chi connectivity index (χ0) is 13.5. The van der Waals surface area contributed by atoms with E-state index in [-0.39, 0.29) is 0 Å². The summed E-state index contributed by atoms with van der Waals surface area (Å²) in [5, 5.41) is 8.43. The SMILES string of the molecule is CCc1nn(CC)c(CC2(CNC3CC3)CC2)c1Br. The zero-order valence-corrected chi connectivity index (χ0v) is 13.6. The van der Waals surface area contributed by atoms with Crippen molar-refractivity contribution in [2.24, 2.45) is 5.41 Å². The van der Waals surface area contributed by atoms with Gasteiger partial charge in [0.1, 0.15) is 0 Å². The number of halogens is 1. The Hall–Kier alpha value is -0.350. The second kappa shape index (κ2) is 5.21. The lowest BCUT2D eigenvalue weighted by Gasteiger charge is -2.17. The van der Waals surface area contributed by atoms with Crippen molar-refractivity contribution in [2.45, 2.75) is 65.0 Å². The van der Waals surface area contributed by atoms with E-state index < -0.39 is 0 Å². The average molecular weight is 326 g/mol. The summed E-state index contributed by atoms with van der Waals surface area (Å²) in [6.45, 7) is 6.53. The van der Waals surface area contributed by atoms with Gasteiger partial charge in [0, 0.05) is 19.1 Å². The second-order valence-electron chi connectivity index (χ2n) is 6.21. The van der Waals surface area contributed by atoms with Crippen molar-refractivity contribution < 1.29 is 0 Å². The standard InChI is InChI=1S/C15H24BrN3/c1-3-12-14(16)13(19(4-2)18-12)9-15(7-8-15)10-17-11-5-6-11/h11,17H,3-10H2,1-2H3. The van der Waals surface area contributed by atoms with E-state index in [2.05, 4.69) is 39.8 Å². The Morgan fingerprint density at radius 3 is 2.63 bits per heavy atom. The van der Waals surface area contributed by atoms with Gasteiger partial charge in [-0.15, -0.1) is 0 Å². The van der Waals surface area contributed by atoms with Crippen LogP contribution in [0.3, 0.4) is 0 Å². The summed E-state index contributed by atoms with van der Waals surface area (Å²) in [4.78, 5) is 0. The maximum atomic E-state index is 4.72. The fourth-order valence-electron chi connectivity index (χ4n) is 2.78. The molecule has 2 fully saturated rings. The van der Waals surface area contributed by atoms with Crippen LogP contribution in [0.15, 0.2) is 4.47 Å². The summed E-state index contributed by atoms with van der Waals surface area (Å²) >= 11 is 3.77. The third kappa shape index (κ3) is 2.89. The Labute approximate surface area is 124 Å². The molecule has 19 heavy (non-hydrogen) atoms. The van der Waals surface area contributed by atoms with Gasteiger partial charge in [-0.25, -0.2) is 0 Å². The normalized spacial score (nSPS) is 20.8. The van der Waals surface area contributed by atoms with Crippen LogP contribution >= 0.6 is 15.9 Å². The molecule has 3 rings (SSSR count). The minimum absolute atomic E-state index is 0.517. The second-order valence-corrected chi connectivity index (χ2v) is 7.00. The number of rotatable bonds is 7. The summed E-state index contributed by atoms with van der Waals surface area (Å²) in [5.74, 6) is 0. The third-order valence-electron chi connectivity index (χ3n) is 4.54. The van der Waals surface area contributed by atoms with Crippen LogP contribution in [0.5, 0.6) is 0 Å². The van der Waals surface area contributed by atoms with E-state index in [9.17, 15) is 0 Å². The van der Waals surface area contributed by atoms with E-state index in [4.69, 9.17) is 5.10 Å². The van der Waals surface area contributed by atoms with Crippen molar-refractivity contribution in [3.05, 3.63) is 15.9 Å². The van der Waals surface area contributed by atoms with Crippen molar-refractivity contribution in [1.82, 2.24) is 15.1 Å². The van der Waals surface area contributed by atoms with Crippen LogP contribution in [0.25, 0.3) is 0 Å². The maximum absolute atomic E-state index is 4.72. The molecule has 0 bridgehead atoms. The predicted molar refractivity (Wildman–Crippen MR) is 81.4 cm³/mol. The highest BCUT2D eigenvalue weighted by atomic mass is 79.9. The Morgan fingerprint density at radius 2 is 2.11 bits per heavy atom. The minimum atomic E-state index is 0.517. The van der Waals surface area contributed by atoms with Crippen LogP contribution in [-0.2, 0) is 19.4 Å². The van der Waals surface area contributed by atoms with Gasteiger partial charge in [-0.1, -0.05) is 6.92 Å². The Balaban J connectivity index is 1.72. The van der Waals surface area contributed by atoms with E-state index in [0.29, 0.717) is 5.41 Å². The van der Waals surface area contributed by atoms with E-state index >= 15 is 0 Å². The van der Waals surface area contributed by atoms with Gasteiger partial charge in [-0.3, -0.25) is 4.68 Å². The number of nitrogens with one attached hydrogen (secondary N) is 1. The Bertz CT molecular complexity index is 458. The first-order chi connectivity index (χ1) is 9.17. The van der Waals surface area contributed by atoms with E-state index in [1.165, 1.54) is 54.5 Å². The van der Waals surface area contributed by atoms with E-state index in [0.717, 1.165) is 19.0 Å². The van der Waals surface area contributed by atoms with Crippen LogP contribution in [-0.4, -0.2) is 22.4 Å². The first-order valence-corrected chi connectivity index (χ1v) is 8.44. The predicted octanol–water partition coefficient (Wildman–Crippen LogP) is 3.30. The fourth-order valence-corrected chi connectivity index (χ4v) is 3.49. The van der Waals surface area contributed by atoms with E-state index in [1.807, 2.05) is 0 Å². The molecule has 0 radical (unpaired) electrons. The molecule has 1 aromatic heterocycles. The van der Waals surface area contributed by atoms with Crippen molar-refractivity contribution in [3.8, 4) is 0 Å². The smallest absolute Gasteiger partial charge is 0.0766 e. The van der Waals surface area contributed by atoms with Gasteiger partial charge in [-0.2, -0.15) is 5.10 Å². The van der Waals surface area contributed by atoms with Crippen LogP contribution in [0.4, 0.5) is 0 Å². The molecule has 2 saturated carbocycles. The molecular formula is C15H24BrN3. The van der Waals surface area contributed by atoms with Crippen molar-refractivity contribution >= 4 is 15.9 Å². The molecule has 0 aromatic carbocycles. The highest BCUT2D eigenvalue weighted by Gasteiger charge is 2.44. The Morgan fingerprint density at radius 1 is 1.37 bits per heavy atom. The lowest BCUT2D eigenvalue weighted by atomic mass is 9.99. The van der Waals surface area contributed by atoms with Crippen molar-refractivity contribution in [1.29, 1.82) is 0 Å². The van der Waals surface area contributed by atoms with Gasteiger partial charge in [0.2, 0.25) is 0 Å². The maximum Gasteiger partial charge on any atom is 0.0766 e. The highest BCUT2D eigenvalue weighted by Crippen LogP contribution is 2.49. The van der Waals surface area contributed by atoms with Crippen LogP contribution in [0, 0.1) is 5.41 Å². The molecule has 1 N–H and O–H groups in total. The number of hydrogen-bond donors (Lipinski definition) is 1. The molecule has 0 saturated heterocycles. The van der Waals surface area contributed by atoms with Crippen molar-refractivity contribution in [2.75, 3.05) is 6.54 Å². The third-order valence-corrected chi connectivity index (χ3v) is 5.45. The zero-order valence-electron chi connectivity index (χ0n) is 12.0. The first kappa shape index (κ1) is 13.6. The van der Waals surface area contributed by atoms with Gasteiger partial charge in [0.15, 0.2) is 0 Å². The summed E-state index contributed by atoms with van der Waals surface area (Å²) in [7, 11) is 0. The molecular weight excluding hydrogens is 302 g/mol. The molecule has 0 spiro atoms. The molecule has 0 aliphatic heterocycles. The summed E-state index contributed by atoms with van der Waals surface area (Å²) in [6.07, 6.45) is 7.69. The Kier molecular flexibility index (Phi) is 3.73. The fraction of sp³-hybridized carbons (Fsp3) is 0.800. The monoisotopic (exact) mass is 325 g/mol. The molecule has 0 atom stereocenters. The summed E-state index contributed by atoms with van der Waals surface area (Å²) in [6, 6.07) is 0.822. The molecule has 0 unspecified atom stereocenters. The number of hydrogen-bond acceptors (Lipinski definition) is 2. The quantitative estimate of drug-likeness (QED) is 0.833. The van der Waals surface area contributed by atoms with Crippen molar-refractivity contribution in [3.63, 3.8) is 0 Å². The van der Waals surface area contributed by atoms with Gasteiger partial charge >= 0.3 is 0 Å². The molecule has 106 valence electrons.